The van der Waals surface area contributed by atoms with E-state index in [1.54, 1.807) is 36.1 Å². The fourth-order valence-corrected chi connectivity index (χ4v) is 1.29. The minimum absolute atomic E-state index is 0.293. The highest BCUT2D eigenvalue weighted by Crippen LogP contribution is 2.20. The van der Waals surface area contributed by atoms with Crippen LogP contribution in [0.3, 0.4) is 0 Å². The third-order valence-corrected chi connectivity index (χ3v) is 2.06. The van der Waals surface area contributed by atoms with Gasteiger partial charge in [0.25, 0.3) is 0 Å². The van der Waals surface area contributed by atoms with Crippen LogP contribution in [0.1, 0.15) is 5.56 Å². The third kappa shape index (κ3) is 1.35. The molecule has 0 aliphatic heterocycles. The standard InChI is InChI=1S/C10H10FN3/c1-7-5-10(9(12)6-8(7)11)14-4-2-3-13-14/h2-6H,12H2,1H3. The number of aryl methyl sites for hydroxylation is 1. The zero-order valence-corrected chi connectivity index (χ0v) is 7.74. The lowest BCUT2D eigenvalue weighted by Crippen LogP contribution is -2.01. The van der Waals surface area contributed by atoms with Crippen LogP contribution in [0.25, 0.3) is 5.69 Å². The number of nitrogens with two attached hydrogens (primary N) is 1. The molecule has 1 heterocycles. The highest BCUT2D eigenvalue weighted by atomic mass is 19.1. The fourth-order valence-electron chi connectivity index (χ4n) is 1.29. The second-order valence-electron chi connectivity index (χ2n) is 3.11. The lowest BCUT2D eigenvalue weighted by molar-refractivity contribution is 0.618. The van der Waals surface area contributed by atoms with Gasteiger partial charge in [-0.3, -0.25) is 0 Å². The molecular weight excluding hydrogens is 181 g/mol. The van der Waals surface area contributed by atoms with Crippen LogP contribution in [-0.4, -0.2) is 9.78 Å². The Bertz CT molecular complexity index is 449. The smallest absolute Gasteiger partial charge is 0.128 e. The Morgan fingerprint density at radius 2 is 2.21 bits per heavy atom. The molecule has 0 amide bonds. The SMILES string of the molecule is Cc1cc(-n2cccn2)c(N)cc1F. The second-order valence-corrected chi connectivity index (χ2v) is 3.11. The summed E-state index contributed by atoms with van der Waals surface area (Å²) < 4.78 is 14.7. The van der Waals surface area contributed by atoms with E-state index in [2.05, 4.69) is 5.10 Å². The van der Waals surface area contributed by atoms with Crippen molar-refractivity contribution in [3.8, 4) is 5.69 Å². The fraction of sp³-hybridized carbons (Fsp3) is 0.100. The van der Waals surface area contributed by atoms with Gasteiger partial charge in [0.2, 0.25) is 0 Å². The number of anilines is 1. The van der Waals surface area contributed by atoms with Gasteiger partial charge < -0.3 is 5.73 Å². The zero-order chi connectivity index (χ0) is 10.1. The quantitative estimate of drug-likeness (QED) is 0.699. The maximum atomic E-state index is 13.1. The molecular formula is C10H10FN3. The molecule has 2 N–H and O–H groups in total. The monoisotopic (exact) mass is 191 g/mol. The second kappa shape index (κ2) is 3.14. The molecule has 0 unspecified atom stereocenters. The molecule has 72 valence electrons. The molecule has 0 saturated carbocycles. The molecule has 4 heteroatoms. The van der Waals surface area contributed by atoms with Gasteiger partial charge in [0, 0.05) is 12.4 Å². The van der Waals surface area contributed by atoms with Crippen molar-refractivity contribution in [3.63, 3.8) is 0 Å². The predicted molar refractivity (Wildman–Crippen MR) is 52.7 cm³/mol. The van der Waals surface area contributed by atoms with Gasteiger partial charge in [-0.2, -0.15) is 5.10 Å². The van der Waals surface area contributed by atoms with Crippen LogP contribution in [0, 0.1) is 12.7 Å². The third-order valence-electron chi connectivity index (χ3n) is 2.06. The molecule has 0 bridgehead atoms. The topological polar surface area (TPSA) is 43.8 Å². The van der Waals surface area contributed by atoms with Crippen LogP contribution >= 0.6 is 0 Å². The van der Waals surface area contributed by atoms with Crippen LogP contribution in [0.4, 0.5) is 10.1 Å². The van der Waals surface area contributed by atoms with Gasteiger partial charge in [-0.15, -0.1) is 0 Å². The minimum Gasteiger partial charge on any atom is -0.397 e. The van der Waals surface area contributed by atoms with Crippen LogP contribution in [-0.2, 0) is 0 Å². The summed E-state index contributed by atoms with van der Waals surface area (Å²) in [4.78, 5) is 0. The van der Waals surface area contributed by atoms with E-state index in [9.17, 15) is 4.39 Å². The van der Waals surface area contributed by atoms with Crippen LogP contribution in [0.2, 0.25) is 0 Å². The molecule has 0 fully saturated rings. The average Bonchev–Trinajstić information content (AvgIpc) is 2.64. The van der Waals surface area contributed by atoms with Crippen LogP contribution < -0.4 is 5.73 Å². The number of nitrogens with zero attached hydrogens (tertiary/aromatic N) is 2. The lowest BCUT2D eigenvalue weighted by Gasteiger charge is -2.07. The highest BCUT2D eigenvalue weighted by Gasteiger charge is 2.06. The van der Waals surface area contributed by atoms with Crippen molar-refractivity contribution < 1.29 is 4.39 Å². The Morgan fingerprint density at radius 3 is 2.86 bits per heavy atom. The summed E-state index contributed by atoms with van der Waals surface area (Å²) in [7, 11) is 0. The average molecular weight is 191 g/mol. The van der Waals surface area contributed by atoms with Crippen molar-refractivity contribution in [1.82, 2.24) is 9.78 Å². The van der Waals surface area contributed by atoms with E-state index in [4.69, 9.17) is 5.73 Å². The summed E-state index contributed by atoms with van der Waals surface area (Å²) in [5.41, 5.74) is 7.33. The van der Waals surface area contributed by atoms with E-state index in [1.165, 1.54) is 6.07 Å². The zero-order valence-electron chi connectivity index (χ0n) is 7.74. The van der Waals surface area contributed by atoms with Crippen molar-refractivity contribution in [2.45, 2.75) is 6.92 Å². The number of hydrogen-bond donors (Lipinski definition) is 1. The molecule has 0 spiro atoms. The van der Waals surface area contributed by atoms with Gasteiger partial charge in [-0.25, -0.2) is 9.07 Å². The molecule has 0 saturated heterocycles. The largest absolute Gasteiger partial charge is 0.397 e. The summed E-state index contributed by atoms with van der Waals surface area (Å²) in [6.07, 6.45) is 3.42. The van der Waals surface area contributed by atoms with E-state index >= 15 is 0 Å². The summed E-state index contributed by atoms with van der Waals surface area (Å²) in [5, 5.41) is 4.03. The number of rotatable bonds is 1. The normalized spacial score (nSPS) is 10.4. The van der Waals surface area contributed by atoms with Crippen molar-refractivity contribution in [2.24, 2.45) is 0 Å². The molecule has 1 aromatic heterocycles. The minimum atomic E-state index is -0.293. The maximum Gasteiger partial charge on any atom is 0.128 e. The summed E-state index contributed by atoms with van der Waals surface area (Å²) in [6.45, 7) is 1.70. The Labute approximate surface area is 81.0 Å². The number of aromatic nitrogens is 2. The Kier molecular flexibility index (Phi) is 1.96. The van der Waals surface area contributed by atoms with Crippen molar-refractivity contribution in [3.05, 3.63) is 42.0 Å². The predicted octanol–water partition coefficient (Wildman–Crippen LogP) is 1.90. The molecule has 0 atom stereocenters. The van der Waals surface area contributed by atoms with Crippen molar-refractivity contribution in [1.29, 1.82) is 0 Å². The van der Waals surface area contributed by atoms with Crippen molar-refractivity contribution >= 4 is 5.69 Å². The maximum absolute atomic E-state index is 13.1. The van der Waals surface area contributed by atoms with Gasteiger partial charge in [0.1, 0.15) is 5.82 Å². The summed E-state index contributed by atoms with van der Waals surface area (Å²) >= 11 is 0. The first kappa shape index (κ1) is 8.74. The van der Waals surface area contributed by atoms with Crippen LogP contribution in [0.15, 0.2) is 30.6 Å². The molecule has 2 rings (SSSR count). The van der Waals surface area contributed by atoms with Gasteiger partial charge in [-0.05, 0) is 30.7 Å². The van der Waals surface area contributed by atoms with Gasteiger partial charge in [0.15, 0.2) is 0 Å². The molecule has 0 radical (unpaired) electrons. The molecule has 0 aliphatic carbocycles. The molecule has 2 aromatic rings. The van der Waals surface area contributed by atoms with E-state index < -0.39 is 0 Å². The first-order valence-electron chi connectivity index (χ1n) is 4.24. The number of benzene rings is 1. The molecule has 0 aliphatic rings. The van der Waals surface area contributed by atoms with E-state index in [1.807, 2.05) is 0 Å². The first-order chi connectivity index (χ1) is 6.68. The number of halogens is 1. The van der Waals surface area contributed by atoms with E-state index in [0.29, 0.717) is 16.9 Å². The first-order valence-corrected chi connectivity index (χ1v) is 4.24. The summed E-state index contributed by atoms with van der Waals surface area (Å²) in [6, 6.07) is 4.78. The van der Waals surface area contributed by atoms with Gasteiger partial charge in [-0.1, -0.05) is 0 Å². The van der Waals surface area contributed by atoms with Gasteiger partial charge >= 0.3 is 0 Å². The van der Waals surface area contributed by atoms with Crippen molar-refractivity contribution in [2.75, 3.05) is 5.73 Å². The lowest BCUT2D eigenvalue weighted by atomic mass is 10.2. The number of hydrogen-bond acceptors (Lipinski definition) is 2. The van der Waals surface area contributed by atoms with E-state index in [0.717, 1.165) is 0 Å². The summed E-state index contributed by atoms with van der Waals surface area (Å²) in [5.74, 6) is -0.293. The van der Waals surface area contributed by atoms with E-state index in [-0.39, 0.29) is 5.82 Å². The van der Waals surface area contributed by atoms with Gasteiger partial charge in [0.05, 0.1) is 11.4 Å². The number of nitrogen functional groups attached to an aromatic ring is 1. The molecule has 3 nitrogen and oxygen atoms in total. The Hall–Kier alpha value is -1.84. The van der Waals surface area contributed by atoms with Crippen LogP contribution in [0.5, 0.6) is 0 Å². The molecule has 14 heavy (non-hydrogen) atoms. The molecule has 1 aromatic carbocycles. The Balaban J connectivity index is 2.60. The highest BCUT2D eigenvalue weighted by molar-refractivity contribution is 5.58. The Morgan fingerprint density at radius 1 is 1.43 bits per heavy atom.